The van der Waals surface area contributed by atoms with Gasteiger partial charge >= 0.3 is 12.1 Å². The molecule has 0 aliphatic rings. The first kappa shape index (κ1) is 21.9. The number of nitrogens with zero attached hydrogens (tertiary/aromatic N) is 5. The number of H-pyrrole nitrogens is 1. The third kappa shape index (κ3) is 5.77. The Morgan fingerprint density at radius 3 is 2.79 bits per heavy atom. The lowest BCUT2D eigenvalue weighted by Gasteiger charge is -2.12. The fraction of sp³-hybridized carbons (Fsp3) is 0.353. The molecule has 0 bridgehead atoms. The molecule has 0 amide bonds. The first-order chi connectivity index (χ1) is 13.8. The van der Waals surface area contributed by atoms with Crippen LogP contribution < -0.4 is 0 Å². The lowest BCUT2D eigenvalue weighted by molar-refractivity contribution is -0.192. The molecule has 1 atom stereocenters. The van der Waals surface area contributed by atoms with Gasteiger partial charge in [0.25, 0.3) is 0 Å². The molecule has 0 spiro atoms. The Kier molecular flexibility index (Phi) is 7.28. The summed E-state index contributed by atoms with van der Waals surface area (Å²) >= 11 is 0. The highest BCUT2D eigenvalue weighted by Crippen LogP contribution is 2.25. The minimum Gasteiger partial charge on any atom is -0.475 e. The van der Waals surface area contributed by atoms with Crippen molar-refractivity contribution < 1.29 is 27.9 Å². The third-order valence-corrected chi connectivity index (χ3v) is 3.87. The molecule has 0 saturated carbocycles. The van der Waals surface area contributed by atoms with Gasteiger partial charge in [0.15, 0.2) is 0 Å². The lowest BCUT2D eigenvalue weighted by atomic mass is 10.1. The highest BCUT2D eigenvalue weighted by molar-refractivity contribution is 5.89. The van der Waals surface area contributed by atoms with Crippen molar-refractivity contribution in [1.82, 2.24) is 24.7 Å². The zero-order valence-corrected chi connectivity index (χ0v) is 15.6. The molecular weight excluding hydrogens is 393 g/mol. The molecule has 3 heterocycles. The highest BCUT2D eigenvalue weighted by atomic mass is 19.4. The molecule has 9 nitrogen and oxygen atoms in total. The molecule has 3 rings (SSSR count). The van der Waals surface area contributed by atoms with Crippen LogP contribution in [-0.4, -0.2) is 55.3 Å². The number of halogens is 3. The number of oxime groups is 1. The van der Waals surface area contributed by atoms with E-state index < -0.39 is 12.1 Å². The summed E-state index contributed by atoms with van der Waals surface area (Å²) in [5.41, 5.74) is 2.70. The van der Waals surface area contributed by atoms with Gasteiger partial charge in [-0.2, -0.15) is 18.3 Å². The summed E-state index contributed by atoms with van der Waals surface area (Å²) in [6.45, 7) is 2.13. The van der Waals surface area contributed by atoms with Crippen molar-refractivity contribution in [3.63, 3.8) is 0 Å². The summed E-state index contributed by atoms with van der Waals surface area (Å²) in [6.07, 6.45) is 5.70. The normalized spacial score (nSPS) is 12.6. The van der Waals surface area contributed by atoms with Gasteiger partial charge in [-0.25, -0.2) is 14.8 Å². The molecule has 3 aromatic rings. The second-order valence-corrected chi connectivity index (χ2v) is 5.74. The maximum Gasteiger partial charge on any atom is 0.490 e. The number of aromatic nitrogens is 5. The number of carboxylic acid groups (broad SMARTS) is 1. The van der Waals surface area contributed by atoms with E-state index in [1.54, 1.807) is 19.7 Å². The molecule has 156 valence electrons. The monoisotopic (exact) mass is 412 g/mol. The number of rotatable bonds is 6. The van der Waals surface area contributed by atoms with Crippen LogP contribution in [0.1, 0.15) is 25.8 Å². The second-order valence-electron chi connectivity index (χ2n) is 5.74. The minimum absolute atomic E-state index is 0.246. The average Bonchev–Trinajstić information content (AvgIpc) is 3.34. The number of alkyl halides is 3. The number of nitrogens with one attached hydrogen (secondary N) is 1. The molecule has 0 aliphatic heterocycles. The topological polar surface area (TPSA) is 118 Å². The van der Waals surface area contributed by atoms with Gasteiger partial charge in [-0.05, 0) is 12.5 Å². The molecule has 0 fully saturated rings. The molecule has 3 aromatic heterocycles. The first-order valence-electron chi connectivity index (χ1n) is 8.45. The van der Waals surface area contributed by atoms with Crippen molar-refractivity contribution in [2.45, 2.75) is 32.0 Å². The van der Waals surface area contributed by atoms with Crippen molar-refractivity contribution in [3.8, 4) is 11.3 Å². The van der Waals surface area contributed by atoms with Gasteiger partial charge in [-0.15, -0.1) is 0 Å². The van der Waals surface area contributed by atoms with Gasteiger partial charge < -0.3 is 14.9 Å². The van der Waals surface area contributed by atoms with Crippen LogP contribution in [-0.2, 0) is 9.63 Å². The number of aliphatic carboxylic acids is 1. The highest BCUT2D eigenvalue weighted by Gasteiger charge is 2.38. The van der Waals surface area contributed by atoms with E-state index in [4.69, 9.17) is 14.7 Å². The van der Waals surface area contributed by atoms with Crippen LogP contribution in [0.15, 0.2) is 36.1 Å². The zero-order chi connectivity index (χ0) is 21.4. The second kappa shape index (κ2) is 9.66. The summed E-state index contributed by atoms with van der Waals surface area (Å²) in [5.74, 6) is -2.76. The van der Waals surface area contributed by atoms with Crippen LogP contribution in [0, 0.1) is 0 Å². The third-order valence-electron chi connectivity index (χ3n) is 3.87. The molecule has 12 heteroatoms. The molecule has 0 aromatic carbocycles. The summed E-state index contributed by atoms with van der Waals surface area (Å²) in [7, 11) is 1.54. The first-order valence-corrected chi connectivity index (χ1v) is 8.45. The molecular formula is C17H19F3N6O3. The Morgan fingerprint density at radius 2 is 2.17 bits per heavy atom. The van der Waals surface area contributed by atoms with E-state index in [-0.39, 0.29) is 6.04 Å². The van der Waals surface area contributed by atoms with Gasteiger partial charge in [0.2, 0.25) is 0 Å². The number of fused-ring (bicyclic) bond motifs is 1. The van der Waals surface area contributed by atoms with Gasteiger partial charge in [-0.3, -0.25) is 4.68 Å². The predicted molar refractivity (Wildman–Crippen MR) is 98.2 cm³/mol. The fourth-order valence-corrected chi connectivity index (χ4v) is 2.46. The number of hydrogen-bond donors (Lipinski definition) is 2. The number of carbonyl (C=O) groups is 1. The lowest BCUT2D eigenvalue weighted by Crippen LogP contribution is -2.21. The minimum atomic E-state index is -5.08. The van der Waals surface area contributed by atoms with E-state index in [1.165, 1.54) is 0 Å². The standard InChI is InChI=1S/C15H18N6O.C2HF3O2/c1-3-12(4-7-20-22-2)21-9-11(8-19-21)14-13-5-6-16-15(13)18-10-17-14;3-2(4,5)1(6)7/h5-10,12H,3-4H2,1-2H3,(H,16,17,18);(H,6,7)/b20-7+;. The van der Waals surface area contributed by atoms with Gasteiger partial charge in [0, 0.05) is 36.0 Å². The van der Waals surface area contributed by atoms with Crippen LogP contribution >= 0.6 is 0 Å². The van der Waals surface area contributed by atoms with Crippen molar-refractivity contribution in [1.29, 1.82) is 0 Å². The molecule has 0 aliphatic carbocycles. The Hall–Kier alpha value is -3.44. The maximum absolute atomic E-state index is 10.6. The Bertz CT molecular complexity index is 967. The van der Waals surface area contributed by atoms with E-state index in [1.807, 2.05) is 29.3 Å². The summed E-state index contributed by atoms with van der Waals surface area (Å²) in [4.78, 5) is 25.3. The average molecular weight is 412 g/mol. The molecule has 0 saturated heterocycles. The quantitative estimate of drug-likeness (QED) is 0.473. The predicted octanol–water partition coefficient (Wildman–Crippen LogP) is 3.43. The van der Waals surface area contributed by atoms with Crippen molar-refractivity contribution in [3.05, 3.63) is 31.0 Å². The van der Waals surface area contributed by atoms with E-state index in [0.717, 1.165) is 35.1 Å². The molecule has 2 N–H and O–H groups in total. The molecule has 29 heavy (non-hydrogen) atoms. The number of aromatic amines is 1. The Morgan fingerprint density at radius 1 is 1.45 bits per heavy atom. The van der Waals surface area contributed by atoms with E-state index in [9.17, 15) is 13.2 Å². The number of hydrogen-bond acceptors (Lipinski definition) is 6. The van der Waals surface area contributed by atoms with Gasteiger partial charge in [-0.1, -0.05) is 12.1 Å². The SMILES string of the molecule is CCC(C/C=N/OC)n1cc(-c2ncnc3[nH]ccc23)cn1.O=C(O)C(F)(F)F. The van der Waals surface area contributed by atoms with Crippen LogP contribution in [0.25, 0.3) is 22.3 Å². The van der Waals surface area contributed by atoms with Gasteiger partial charge in [0.05, 0.1) is 17.9 Å². The van der Waals surface area contributed by atoms with Gasteiger partial charge in [0.1, 0.15) is 19.1 Å². The van der Waals surface area contributed by atoms with Crippen molar-refractivity contribution in [2.24, 2.45) is 5.16 Å². The van der Waals surface area contributed by atoms with E-state index in [2.05, 4.69) is 32.1 Å². The molecule has 1 unspecified atom stereocenters. The van der Waals surface area contributed by atoms with Crippen LogP contribution in [0.2, 0.25) is 0 Å². The van der Waals surface area contributed by atoms with Crippen LogP contribution in [0.5, 0.6) is 0 Å². The summed E-state index contributed by atoms with van der Waals surface area (Å²) < 4.78 is 33.7. The number of carboxylic acids is 1. The Labute approximate surface area is 163 Å². The van der Waals surface area contributed by atoms with Crippen molar-refractivity contribution in [2.75, 3.05) is 7.11 Å². The smallest absolute Gasteiger partial charge is 0.475 e. The van der Waals surface area contributed by atoms with Crippen LogP contribution in [0.3, 0.4) is 0 Å². The maximum atomic E-state index is 10.6. The Balaban J connectivity index is 0.000000370. The largest absolute Gasteiger partial charge is 0.490 e. The summed E-state index contributed by atoms with van der Waals surface area (Å²) in [5, 5.41) is 16.4. The zero-order valence-electron chi connectivity index (χ0n) is 15.6. The van der Waals surface area contributed by atoms with Crippen molar-refractivity contribution >= 4 is 23.2 Å². The van der Waals surface area contributed by atoms with Crippen LogP contribution in [0.4, 0.5) is 13.2 Å². The summed E-state index contributed by atoms with van der Waals surface area (Å²) in [6, 6.07) is 2.22. The van der Waals surface area contributed by atoms with E-state index in [0.29, 0.717) is 0 Å². The fourth-order valence-electron chi connectivity index (χ4n) is 2.46. The van der Waals surface area contributed by atoms with E-state index >= 15 is 0 Å². The molecule has 0 radical (unpaired) electrons.